The van der Waals surface area contributed by atoms with Crippen molar-refractivity contribution in [2.24, 2.45) is 4.99 Å². The van der Waals surface area contributed by atoms with Crippen molar-refractivity contribution in [1.82, 2.24) is 24.8 Å². The highest BCUT2D eigenvalue weighted by Crippen LogP contribution is 2.25. The van der Waals surface area contributed by atoms with Crippen molar-refractivity contribution in [3.05, 3.63) is 65.6 Å². The van der Waals surface area contributed by atoms with E-state index in [2.05, 4.69) is 58.5 Å². The summed E-state index contributed by atoms with van der Waals surface area (Å²) in [5.41, 5.74) is 3.33. The maximum Gasteiger partial charge on any atom is 0.194 e. The lowest BCUT2D eigenvalue weighted by Crippen LogP contribution is -2.48. The van der Waals surface area contributed by atoms with Gasteiger partial charge in [-0.2, -0.15) is 0 Å². The second-order valence-corrected chi connectivity index (χ2v) is 6.88. The van der Waals surface area contributed by atoms with Crippen LogP contribution in [-0.2, 0) is 11.3 Å². The summed E-state index contributed by atoms with van der Waals surface area (Å²) in [5, 5.41) is 11.9. The van der Waals surface area contributed by atoms with Crippen LogP contribution in [0.5, 0.6) is 0 Å². The molecular formula is C21H26N6O. The van der Waals surface area contributed by atoms with Crippen molar-refractivity contribution in [1.29, 1.82) is 0 Å². The molecule has 146 valence electrons. The molecule has 3 aromatic rings. The number of hydrogen-bond donors (Lipinski definition) is 1. The first-order chi connectivity index (χ1) is 13.8. The molecule has 1 aliphatic rings. The van der Waals surface area contributed by atoms with Crippen LogP contribution < -0.4 is 5.32 Å². The van der Waals surface area contributed by atoms with E-state index in [1.165, 1.54) is 11.1 Å². The molecular weight excluding hydrogens is 352 g/mol. The first-order valence-corrected chi connectivity index (χ1v) is 9.75. The largest absolute Gasteiger partial charge is 0.370 e. The minimum Gasteiger partial charge on any atom is -0.370 e. The first kappa shape index (κ1) is 18.4. The van der Waals surface area contributed by atoms with Gasteiger partial charge >= 0.3 is 0 Å². The van der Waals surface area contributed by atoms with Crippen LogP contribution in [0.1, 0.15) is 30.0 Å². The van der Waals surface area contributed by atoms with Crippen LogP contribution in [0.15, 0.2) is 53.7 Å². The van der Waals surface area contributed by atoms with E-state index >= 15 is 0 Å². The summed E-state index contributed by atoms with van der Waals surface area (Å²) in [7, 11) is 0. The summed E-state index contributed by atoms with van der Waals surface area (Å²) in [6.45, 7) is 7.77. The third kappa shape index (κ3) is 3.84. The minimum atomic E-state index is 0.0488. The summed E-state index contributed by atoms with van der Waals surface area (Å²) in [6.07, 6.45) is 2.02. The van der Waals surface area contributed by atoms with Gasteiger partial charge in [-0.25, -0.2) is 4.99 Å². The fourth-order valence-electron chi connectivity index (χ4n) is 3.55. The number of rotatable bonds is 4. The van der Waals surface area contributed by atoms with Crippen molar-refractivity contribution in [3.8, 4) is 0 Å². The molecule has 1 saturated heterocycles. The Balaban J connectivity index is 1.53. The molecule has 2 aromatic heterocycles. The average Bonchev–Trinajstić information content (AvgIpc) is 3.15. The second kappa shape index (κ2) is 8.39. The number of aryl methyl sites for hydroxylation is 1. The molecule has 0 saturated carbocycles. The molecule has 0 bridgehead atoms. The average molecular weight is 378 g/mol. The molecule has 1 aliphatic heterocycles. The molecule has 1 N–H and O–H groups in total. The van der Waals surface area contributed by atoms with Crippen LogP contribution in [0.25, 0.3) is 5.65 Å². The maximum absolute atomic E-state index is 6.06. The van der Waals surface area contributed by atoms with Gasteiger partial charge in [-0.05, 0) is 37.1 Å². The van der Waals surface area contributed by atoms with E-state index in [1.807, 2.05) is 28.8 Å². The molecule has 0 amide bonds. The predicted molar refractivity (Wildman–Crippen MR) is 109 cm³/mol. The fraction of sp³-hybridized carbons (Fsp3) is 0.381. The Hall–Kier alpha value is -2.93. The number of aromatic nitrogens is 3. The van der Waals surface area contributed by atoms with Gasteiger partial charge in [0.15, 0.2) is 17.4 Å². The minimum absolute atomic E-state index is 0.0488. The standard InChI is InChI=1S/C21H26N6O/c1-3-22-21(23-14-20-25-24-19-10-6-7-11-27(19)20)26-12-13-28-18(15-26)17-9-5-4-8-16(17)2/h4-11,18H,3,12-15H2,1-2H3,(H,22,23). The fourth-order valence-corrected chi connectivity index (χ4v) is 3.55. The van der Waals surface area contributed by atoms with E-state index in [0.717, 1.165) is 37.1 Å². The summed E-state index contributed by atoms with van der Waals surface area (Å²) in [6, 6.07) is 14.3. The van der Waals surface area contributed by atoms with Gasteiger partial charge in [0.2, 0.25) is 0 Å². The van der Waals surface area contributed by atoms with Crippen LogP contribution in [0, 0.1) is 6.92 Å². The van der Waals surface area contributed by atoms with Crippen molar-refractivity contribution in [2.75, 3.05) is 26.2 Å². The van der Waals surface area contributed by atoms with Crippen LogP contribution in [0.4, 0.5) is 0 Å². The van der Waals surface area contributed by atoms with Crippen LogP contribution in [0.2, 0.25) is 0 Å². The lowest BCUT2D eigenvalue weighted by atomic mass is 10.0. The number of guanidine groups is 1. The zero-order chi connectivity index (χ0) is 19.3. The lowest BCUT2D eigenvalue weighted by molar-refractivity contribution is -0.00834. The van der Waals surface area contributed by atoms with E-state index in [0.29, 0.717) is 13.2 Å². The monoisotopic (exact) mass is 378 g/mol. The number of aliphatic imine (C=N–C) groups is 1. The smallest absolute Gasteiger partial charge is 0.194 e. The molecule has 7 heteroatoms. The zero-order valence-electron chi connectivity index (χ0n) is 16.4. The number of ether oxygens (including phenoxy) is 1. The molecule has 1 aromatic carbocycles. The topological polar surface area (TPSA) is 67.0 Å². The summed E-state index contributed by atoms with van der Waals surface area (Å²) >= 11 is 0. The third-order valence-electron chi connectivity index (χ3n) is 4.99. The molecule has 3 heterocycles. The molecule has 1 fully saturated rings. The number of pyridine rings is 1. The number of hydrogen-bond acceptors (Lipinski definition) is 4. The molecule has 28 heavy (non-hydrogen) atoms. The van der Waals surface area contributed by atoms with Gasteiger partial charge in [0.1, 0.15) is 12.6 Å². The van der Waals surface area contributed by atoms with Gasteiger partial charge in [0.05, 0.1) is 13.2 Å². The molecule has 0 aliphatic carbocycles. The molecule has 0 spiro atoms. The summed E-state index contributed by atoms with van der Waals surface area (Å²) < 4.78 is 8.04. The first-order valence-electron chi connectivity index (χ1n) is 9.75. The van der Waals surface area contributed by atoms with Crippen molar-refractivity contribution in [2.45, 2.75) is 26.5 Å². The normalized spacial score (nSPS) is 17.9. The highest BCUT2D eigenvalue weighted by Gasteiger charge is 2.25. The number of fused-ring (bicyclic) bond motifs is 1. The van der Waals surface area contributed by atoms with Gasteiger partial charge in [0, 0.05) is 19.3 Å². The molecule has 4 rings (SSSR count). The van der Waals surface area contributed by atoms with Gasteiger partial charge < -0.3 is 15.0 Å². The quantitative estimate of drug-likeness (QED) is 0.558. The van der Waals surface area contributed by atoms with Crippen LogP contribution in [0.3, 0.4) is 0 Å². The second-order valence-electron chi connectivity index (χ2n) is 6.88. The predicted octanol–water partition coefficient (Wildman–Crippen LogP) is 2.58. The third-order valence-corrected chi connectivity index (χ3v) is 4.99. The van der Waals surface area contributed by atoms with E-state index in [4.69, 9.17) is 9.73 Å². The van der Waals surface area contributed by atoms with E-state index in [1.54, 1.807) is 0 Å². The van der Waals surface area contributed by atoms with Gasteiger partial charge in [0.25, 0.3) is 0 Å². The zero-order valence-corrected chi connectivity index (χ0v) is 16.4. The highest BCUT2D eigenvalue weighted by atomic mass is 16.5. The van der Waals surface area contributed by atoms with E-state index in [-0.39, 0.29) is 6.10 Å². The SMILES string of the molecule is CCNC(=NCc1nnc2ccccn12)N1CCOC(c2ccccc2C)C1. The number of nitrogens with one attached hydrogen (secondary N) is 1. The Kier molecular flexibility index (Phi) is 5.53. The molecule has 1 atom stereocenters. The number of morpholine rings is 1. The molecule has 7 nitrogen and oxygen atoms in total. The maximum atomic E-state index is 6.06. The van der Waals surface area contributed by atoms with Gasteiger partial charge in [-0.15, -0.1) is 10.2 Å². The van der Waals surface area contributed by atoms with Crippen LogP contribution in [-0.4, -0.2) is 51.7 Å². The Morgan fingerprint density at radius 3 is 2.93 bits per heavy atom. The lowest BCUT2D eigenvalue weighted by Gasteiger charge is -2.35. The molecule has 1 unspecified atom stereocenters. The van der Waals surface area contributed by atoms with Crippen molar-refractivity contribution in [3.63, 3.8) is 0 Å². The highest BCUT2D eigenvalue weighted by molar-refractivity contribution is 5.80. The Morgan fingerprint density at radius 2 is 2.07 bits per heavy atom. The van der Waals surface area contributed by atoms with Crippen molar-refractivity contribution < 1.29 is 4.74 Å². The molecule has 0 radical (unpaired) electrons. The van der Waals surface area contributed by atoms with Crippen molar-refractivity contribution >= 4 is 11.6 Å². The Bertz CT molecular complexity index is 966. The van der Waals surface area contributed by atoms with E-state index in [9.17, 15) is 0 Å². The number of benzene rings is 1. The van der Waals surface area contributed by atoms with Gasteiger partial charge in [-0.1, -0.05) is 30.3 Å². The Labute approximate surface area is 165 Å². The Morgan fingerprint density at radius 1 is 1.21 bits per heavy atom. The number of nitrogens with zero attached hydrogens (tertiary/aromatic N) is 5. The van der Waals surface area contributed by atoms with E-state index < -0.39 is 0 Å². The van der Waals surface area contributed by atoms with Gasteiger partial charge in [-0.3, -0.25) is 4.40 Å². The summed E-state index contributed by atoms with van der Waals surface area (Å²) in [4.78, 5) is 7.10. The van der Waals surface area contributed by atoms with Crippen LogP contribution >= 0.6 is 0 Å². The summed E-state index contributed by atoms with van der Waals surface area (Å²) in [5.74, 6) is 1.71.